The highest BCUT2D eigenvalue weighted by Crippen LogP contribution is 2.31. The fourth-order valence-corrected chi connectivity index (χ4v) is 4.08. The van der Waals surface area contributed by atoms with Crippen LogP contribution in [0.5, 0.6) is 0 Å². The topological polar surface area (TPSA) is 79.3 Å². The van der Waals surface area contributed by atoms with E-state index in [4.69, 9.17) is 9.47 Å². The molecule has 0 aliphatic heterocycles. The van der Waals surface area contributed by atoms with Crippen LogP contribution in [0.25, 0.3) is 11.1 Å². The summed E-state index contributed by atoms with van der Waals surface area (Å²) < 4.78 is 10.5. The Morgan fingerprint density at radius 3 is 2.18 bits per heavy atom. The minimum Gasteiger partial charge on any atom is -0.465 e. The van der Waals surface area contributed by atoms with Gasteiger partial charge in [-0.1, -0.05) is 60.7 Å². The first-order chi connectivity index (χ1) is 18.0. The first kappa shape index (κ1) is 28.7. The molecule has 3 aromatic carbocycles. The number of aliphatic hydroxyl groups excluding tert-OH is 1. The molecule has 0 aliphatic carbocycles. The average Bonchev–Trinajstić information content (AvgIpc) is 2.89. The summed E-state index contributed by atoms with van der Waals surface area (Å²) in [6.07, 6.45) is -0.669. The van der Waals surface area contributed by atoms with Crippen LogP contribution < -0.4 is 4.90 Å². The summed E-state index contributed by atoms with van der Waals surface area (Å²) in [5.41, 5.74) is 4.58. The Balaban J connectivity index is 1.76. The first-order valence-corrected chi connectivity index (χ1v) is 12.7. The number of benzene rings is 3. The number of esters is 1. The number of nitrogens with zero attached hydrogens (tertiary/aromatic N) is 2. The summed E-state index contributed by atoms with van der Waals surface area (Å²) in [5.74, 6) is -0.373. The molecule has 0 saturated heterocycles. The summed E-state index contributed by atoms with van der Waals surface area (Å²) in [5, 5.41) is 10.8. The summed E-state index contributed by atoms with van der Waals surface area (Å²) in [6.45, 7) is 6.02. The van der Waals surface area contributed by atoms with Gasteiger partial charge in [-0.05, 0) is 56.0 Å². The number of amides is 1. The van der Waals surface area contributed by atoms with E-state index in [0.29, 0.717) is 18.5 Å². The van der Waals surface area contributed by atoms with Crippen LogP contribution >= 0.6 is 0 Å². The highest BCUT2D eigenvalue weighted by Gasteiger charge is 2.24. The molecule has 0 heterocycles. The van der Waals surface area contributed by atoms with Gasteiger partial charge in [-0.2, -0.15) is 0 Å². The highest BCUT2D eigenvalue weighted by atomic mass is 16.6. The zero-order chi connectivity index (χ0) is 27.9. The molecular weight excluding hydrogens is 480 g/mol. The van der Waals surface area contributed by atoms with Crippen LogP contribution in [0.2, 0.25) is 0 Å². The summed E-state index contributed by atoms with van der Waals surface area (Å²) in [7, 11) is 5.24. The quantitative estimate of drug-likeness (QED) is 0.365. The molecule has 0 saturated carbocycles. The molecule has 0 spiro atoms. The Hall–Kier alpha value is -3.84. The van der Waals surface area contributed by atoms with Gasteiger partial charge in [0.15, 0.2) is 0 Å². The number of methoxy groups -OCH3 is 1. The molecule has 0 unspecified atom stereocenters. The summed E-state index contributed by atoms with van der Waals surface area (Å²) >= 11 is 0. The predicted octanol–water partition coefficient (Wildman–Crippen LogP) is 5.72. The second-order valence-electron chi connectivity index (χ2n) is 10.4. The monoisotopic (exact) mass is 518 g/mol. The van der Waals surface area contributed by atoms with Gasteiger partial charge in [0.2, 0.25) is 0 Å². The van der Waals surface area contributed by atoms with Crippen molar-refractivity contribution in [3.8, 4) is 11.1 Å². The van der Waals surface area contributed by atoms with Crippen LogP contribution in [-0.2, 0) is 15.9 Å². The van der Waals surface area contributed by atoms with E-state index in [9.17, 15) is 14.7 Å². The number of anilines is 1. The van der Waals surface area contributed by atoms with Gasteiger partial charge in [-0.25, -0.2) is 9.59 Å². The van der Waals surface area contributed by atoms with Crippen LogP contribution in [0.15, 0.2) is 72.8 Å². The number of ether oxygens (including phenoxy) is 2. The molecule has 1 N–H and O–H groups in total. The second kappa shape index (κ2) is 12.6. The first-order valence-electron chi connectivity index (χ1n) is 12.7. The number of aliphatic hydroxyl groups is 1. The van der Waals surface area contributed by atoms with Crippen LogP contribution in [0.3, 0.4) is 0 Å². The Kier molecular flexibility index (Phi) is 9.53. The third kappa shape index (κ3) is 7.83. The lowest BCUT2D eigenvalue weighted by atomic mass is 9.99. The Bertz CT molecular complexity index is 1220. The predicted molar refractivity (Wildman–Crippen MR) is 150 cm³/mol. The van der Waals surface area contributed by atoms with Crippen molar-refractivity contribution >= 4 is 17.7 Å². The Morgan fingerprint density at radius 1 is 0.947 bits per heavy atom. The molecule has 0 radical (unpaired) electrons. The van der Waals surface area contributed by atoms with E-state index in [-0.39, 0.29) is 12.5 Å². The third-order valence-electron chi connectivity index (χ3n) is 6.07. The third-order valence-corrected chi connectivity index (χ3v) is 6.07. The lowest BCUT2D eigenvalue weighted by molar-refractivity contribution is 0.0147. The maximum atomic E-state index is 12.9. The largest absolute Gasteiger partial charge is 0.465 e. The molecule has 202 valence electrons. The van der Waals surface area contributed by atoms with E-state index in [1.165, 1.54) is 7.11 Å². The van der Waals surface area contributed by atoms with Crippen LogP contribution in [0.4, 0.5) is 10.5 Å². The molecule has 0 bridgehead atoms. The van der Waals surface area contributed by atoms with Crippen molar-refractivity contribution in [1.82, 2.24) is 4.90 Å². The van der Waals surface area contributed by atoms with Gasteiger partial charge in [-0.15, -0.1) is 0 Å². The van der Waals surface area contributed by atoms with Gasteiger partial charge in [0.05, 0.1) is 25.3 Å². The Morgan fingerprint density at radius 2 is 1.61 bits per heavy atom. The van der Waals surface area contributed by atoms with Crippen LogP contribution in [0.1, 0.15) is 48.4 Å². The minimum absolute atomic E-state index is 0.135. The molecule has 1 amide bonds. The van der Waals surface area contributed by atoms with E-state index in [0.717, 1.165) is 27.9 Å². The fourth-order valence-electron chi connectivity index (χ4n) is 4.08. The number of carbonyl (C=O) groups excluding carboxylic acids is 2. The number of hydrogen-bond donors (Lipinski definition) is 1. The molecule has 0 aliphatic rings. The van der Waals surface area contributed by atoms with Gasteiger partial charge in [0, 0.05) is 31.9 Å². The normalized spacial score (nSPS) is 12.0. The van der Waals surface area contributed by atoms with Gasteiger partial charge in [-0.3, -0.25) is 0 Å². The molecular formula is C31H38N2O5. The lowest BCUT2D eigenvalue weighted by Crippen LogP contribution is -2.40. The smallest absolute Gasteiger partial charge is 0.410 e. The van der Waals surface area contributed by atoms with Gasteiger partial charge in [0.1, 0.15) is 5.60 Å². The van der Waals surface area contributed by atoms with Crippen molar-refractivity contribution in [1.29, 1.82) is 0 Å². The Labute approximate surface area is 225 Å². The molecule has 0 fully saturated rings. The molecule has 0 aromatic heterocycles. The molecule has 3 rings (SSSR count). The zero-order valence-electron chi connectivity index (χ0n) is 23.1. The standard InChI is InChI=1S/C31H38N2O5/c1-31(2,3)38-30(36)33(21-28(34)24-10-8-7-9-11-24)19-18-22-12-14-23(15-13-22)26-17-16-25(29(35)37-6)20-27(26)32(4)5/h7-17,20,28,34H,18-19,21H2,1-6H3/t28-/m1/s1. The van der Waals surface area contributed by atoms with E-state index in [2.05, 4.69) is 0 Å². The number of hydrogen-bond acceptors (Lipinski definition) is 6. The highest BCUT2D eigenvalue weighted by molar-refractivity contribution is 5.93. The van der Waals surface area contributed by atoms with Crippen molar-refractivity contribution in [3.05, 3.63) is 89.5 Å². The lowest BCUT2D eigenvalue weighted by Gasteiger charge is -2.29. The van der Waals surface area contributed by atoms with Crippen molar-refractivity contribution in [2.24, 2.45) is 0 Å². The molecule has 38 heavy (non-hydrogen) atoms. The van der Waals surface area contributed by atoms with Crippen LogP contribution in [-0.4, -0.2) is 62.0 Å². The van der Waals surface area contributed by atoms with E-state index in [1.807, 2.05) is 106 Å². The zero-order valence-corrected chi connectivity index (χ0v) is 23.1. The van der Waals surface area contributed by atoms with Crippen molar-refractivity contribution in [2.75, 3.05) is 39.2 Å². The summed E-state index contributed by atoms with van der Waals surface area (Å²) in [4.78, 5) is 28.5. The summed E-state index contributed by atoms with van der Waals surface area (Å²) in [6, 6.07) is 22.9. The van der Waals surface area contributed by atoms with Crippen molar-refractivity contribution in [2.45, 2.75) is 38.9 Å². The fraction of sp³-hybridized carbons (Fsp3) is 0.355. The van der Waals surface area contributed by atoms with Gasteiger partial charge < -0.3 is 24.4 Å². The van der Waals surface area contributed by atoms with Gasteiger partial charge >= 0.3 is 12.1 Å². The van der Waals surface area contributed by atoms with Gasteiger partial charge in [0.25, 0.3) is 0 Å². The van der Waals surface area contributed by atoms with E-state index < -0.39 is 17.8 Å². The number of carbonyl (C=O) groups is 2. The molecule has 7 heteroatoms. The van der Waals surface area contributed by atoms with E-state index in [1.54, 1.807) is 11.0 Å². The molecule has 1 atom stereocenters. The molecule has 3 aromatic rings. The van der Waals surface area contributed by atoms with Crippen molar-refractivity contribution in [3.63, 3.8) is 0 Å². The van der Waals surface area contributed by atoms with Crippen molar-refractivity contribution < 1.29 is 24.2 Å². The minimum atomic E-state index is -0.816. The second-order valence-corrected chi connectivity index (χ2v) is 10.4. The maximum absolute atomic E-state index is 12.9. The van der Waals surface area contributed by atoms with E-state index >= 15 is 0 Å². The average molecular weight is 519 g/mol. The van der Waals surface area contributed by atoms with Crippen LogP contribution in [0, 0.1) is 0 Å². The SMILES string of the molecule is COC(=O)c1ccc(-c2ccc(CCN(C[C@@H](O)c3ccccc3)C(=O)OC(C)(C)C)cc2)c(N(C)C)c1. The maximum Gasteiger partial charge on any atom is 0.410 e. The number of rotatable bonds is 9. The molecule has 7 nitrogen and oxygen atoms in total.